The highest BCUT2D eigenvalue weighted by atomic mass is 19.1. The van der Waals surface area contributed by atoms with Crippen LogP contribution >= 0.6 is 0 Å². The maximum atomic E-state index is 13.3. The quantitative estimate of drug-likeness (QED) is 0.772. The van der Waals surface area contributed by atoms with Gasteiger partial charge in [0, 0.05) is 11.0 Å². The molecular weight excluding hydrogens is 221 g/mol. The minimum atomic E-state index is -0.488. The van der Waals surface area contributed by atoms with Crippen molar-refractivity contribution in [2.24, 2.45) is 0 Å². The molecule has 0 saturated heterocycles. The van der Waals surface area contributed by atoms with Crippen molar-refractivity contribution in [3.8, 4) is 11.5 Å². The zero-order valence-electron chi connectivity index (χ0n) is 9.99. The van der Waals surface area contributed by atoms with Gasteiger partial charge in [-0.15, -0.1) is 0 Å². The minimum absolute atomic E-state index is 0.101. The lowest BCUT2D eigenvalue weighted by Crippen LogP contribution is -2.13. The summed E-state index contributed by atoms with van der Waals surface area (Å²) in [5.74, 6) is 0.400. The SMILES string of the molecule is CC(C)(C)c1noc(-c2ccc(N)c(F)c2)n1. The maximum Gasteiger partial charge on any atom is 0.258 e. The molecule has 0 spiro atoms. The van der Waals surface area contributed by atoms with E-state index in [0.29, 0.717) is 17.3 Å². The monoisotopic (exact) mass is 235 g/mol. The van der Waals surface area contributed by atoms with Crippen LogP contribution in [0.2, 0.25) is 0 Å². The number of aromatic nitrogens is 2. The van der Waals surface area contributed by atoms with Crippen molar-refractivity contribution < 1.29 is 8.91 Å². The van der Waals surface area contributed by atoms with Gasteiger partial charge in [0.1, 0.15) is 5.82 Å². The van der Waals surface area contributed by atoms with E-state index in [1.54, 1.807) is 6.07 Å². The molecule has 1 aromatic carbocycles. The van der Waals surface area contributed by atoms with E-state index in [0.717, 1.165) is 0 Å². The molecule has 0 aliphatic rings. The van der Waals surface area contributed by atoms with E-state index in [4.69, 9.17) is 10.3 Å². The average Bonchev–Trinajstić information content (AvgIpc) is 2.70. The molecule has 90 valence electrons. The number of anilines is 1. The van der Waals surface area contributed by atoms with Gasteiger partial charge in [-0.05, 0) is 18.2 Å². The van der Waals surface area contributed by atoms with Crippen LogP contribution < -0.4 is 5.73 Å². The number of benzene rings is 1. The second-order valence-electron chi connectivity index (χ2n) is 4.91. The highest BCUT2D eigenvalue weighted by molar-refractivity contribution is 5.57. The smallest absolute Gasteiger partial charge is 0.258 e. The van der Waals surface area contributed by atoms with Crippen LogP contribution in [0.1, 0.15) is 26.6 Å². The Labute approximate surface area is 98.6 Å². The fraction of sp³-hybridized carbons (Fsp3) is 0.333. The van der Waals surface area contributed by atoms with Gasteiger partial charge in [-0.25, -0.2) is 4.39 Å². The van der Waals surface area contributed by atoms with Crippen molar-refractivity contribution in [2.75, 3.05) is 5.73 Å². The van der Waals surface area contributed by atoms with Gasteiger partial charge in [-0.2, -0.15) is 4.98 Å². The van der Waals surface area contributed by atoms with Crippen LogP contribution in [0.15, 0.2) is 22.7 Å². The molecule has 5 heteroatoms. The van der Waals surface area contributed by atoms with Crippen LogP contribution in [-0.4, -0.2) is 10.1 Å². The molecule has 1 heterocycles. The Morgan fingerprint density at radius 1 is 1.29 bits per heavy atom. The molecule has 0 aliphatic heterocycles. The summed E-state index contributed by atoms with van der Waals surface area (Å²) in [6.45, 7) is 5.93. The molecule has 0 radical (unpaired) electrons. The van der Waals surface area contributed by atoms with E-state index < -0.39 is 5.82 Å². The van der Waals surface area contributed by atoms with Gasteiger partial charge in [0.15, 0.2) is 5.82 Å². The highest BCUT2D eigenvalue weighted by Gasteiger charge is 2.21. The fourth-order valence-electron chi connectivity index (χ4n) is 1.31. The standard InChI is InChI=1S/C12H14FN3O/c1-12(2,3)11-15-10(17-16-11)7-4-5-9(14)8(13)6-7/h4-6H,14H2,1-3H3. The predicted molar refractivity (Wildman–Crippen MR) is 62.8 cm³/mol. The number of hydrogen-bond acceptors (Lipinski definition) is 4. The second kappa shape index (κ2) is 3.84. The van der Waals surface area contributed by atoms with Crippen LogP contribution in [-0.2, 0) is 5.41 Å². The van der Waals surface area contributed by atoms with Crippen molar-refractivity contribution in [3.63, 3.8) is 0 Å². The molecule has 1 aromatic heterocycles. The molecule has 2 N–H and O–H groups in total. The topological polar surface area (TPSA) is 64.9 Å². The molecule has 0 amide bonds. The Morgan fingerprint density at radius 3 is 2.53 bits per heavy atom. The summed E-state index contributed by atoms with van der Waals surface area (Å²) in [5, 5.41) is 3.88. The molecule has 0 fully saturated rings. The number of rotatable bonds is 1. The Bertz CT molecular complexity index is 543. The summed E-state index contributed by atoms with van der Waals surface area (Å²) in [7, 11) is 0. The van der Waals surface area contributed by atoms with Crippen molar-refractivity contribution in [3.05, 3.63) is 29.8 Å². The van der Waals surface area contributed by atoms with E-state index >= 15 is 0 Å². The third-order valence-electron chi connectivity index (χ3n) is 2.34. The molecule has 0 unspecified atom stereocenters. The van der Waals surface area contributed by atoms with Gasteiger partial charge in [0.2, 0.25) is 0 Å². The third-order valence-corrected chi connectivity index (χ3v) is 2.34. The fourth-order valence-corrected chi connectivity index (χ4v) is 1.31. The van der Waals surface area contributed by atoms with Gasteiger partial charge in [0.25, 0.3) is 5.89 Å². The Hall–Kier alpha value is -1.91. The lowest BCUT2D eigenvalue weighted by molar-refractivity contribution is 0.402. The van der Waals surface area contributed by atoms with Crippen molar-refractivity contribution in [1.82, 2.24) is 10.1 Å². The molecule has 0 bridgehead atoms. The number of hydrogen-bond donors (Lipinski definition) is 1. The Kier molecular flexibility index (Phi) is 2.61. The summed E-state index contributed by atoms with van der Waals surface area (Å²) in [5.41, 5.74) is 5.83. The van der Waals surface area contributed by atoms with E-state index in [1.807, 2.05) is 20.8 Å². The van der Waals surface area contributed by atoms with Crippen LogP contribution in [0.3, 0.4) is 0 Å². The van der Waals surface area contributed by atoms with Gasteiger partial charge >= 0.3 is 0 Å². The molecule has 2 aromatic rings. The number of nitrogen functional groups attached to an aromatic ring is 1. The summed E-state index contributed by atoms with van der Waals surface area (Å²) >= 11 is 0. The molecular formula is C12H14FN3O. The van der Waals surface area contributed by atoms with Crippen LogP contribution in [0.25, 0.3) is 11.5 Å². The van der Waals surface area contributed by atoms with Crippen molar-refractivity contribution >= 4 is 5.69 Å². The van der Waals surface area contributed by atoms with E-state index in [-0.39, 0.29) is 11.1 Å². The van der Waals surface area contributed by atoms with Gasteiger partial charge < -0.3 is 10.3 Å². The summed E-state index contributed by atoms with van der Waals surface area (Å²) < 4.78 is 18.4. The lowest BCUT2D eigenvalue weighted by Gasteiger charge is -2.10. The first-order valence-corrected chi connectivity index (χ1v) is 5.27. The van der Waals surface area contributed by atoms with Gasteiger partial charge in [0.05, 0.1) is 5.69 Å². The Balaban J connectivity index is 2.40. The highest BCUT2D eigenvalue weighted by Crippen LogP contribution is 2.25. The zero-order chi connectivity index (χ0) is 12.6. The van der Waals surface area contributed by atoms with E-state index in [1.165, 1.54) is 12.1 Å². The van der Waals surface area contributed by atoms with Crippen molar-refractivity contribution in [2.45, 2.75) is 26.2 Å². The number of nitrogens with two attached hydrogens (primary N) is 1. The molecule has 0 atom stereocenters. The normalized spacial score (nSPS) is 11.8. The van der Waals surface area contributed by atoms with Gasteiger partial charge in [-0.3, -0.25) is 0 Å². The third kappa shape index (κ3) is 2.27. The summed E-state index contributed by atoms with van der Waals surface area (Å²) in [4.78, 5) is 4.24. The van der Waals surface area contributed by atoms with Crippen LogP contribution in [0.4, 0.5) is 10.1 Å². The maximum absolute atomic E-state index is 13.3. The average molecular weight is 235 g/mol. The number of nitrogens with zero attached hydrogens (tertiary/aromatic N) is 2. The molecule has 17 heavy (non-hydrogen) atoms. The van der Waals surface area contributed by atoms with E-state index in [9.17, 15) is 4.39 Å². The van der Waals surface area contributed by atoms with Crippen molar-refractivity contribution in [1.29, 1.82) is 0 Å². The minimum Gasteiger partial charge on any atom is -0.396 e. The molecule has 2 rings (SSSR count). The van der Waals surface area contributed by atoms with E-state index in [2.05, 4.69) is 10.1 Å². The summed E-state index contributed by atoms with van der Waals surface area (Å²) in [6, 6.07) is 4.42. The van der Waals surface area contributed by atoms with Crippen LogP contribution in [0, 0.1) is 5.82 Å². The molecule has 0 saturated carbocycles. The number of halogens is 1. The van der Waals surface area contributed by atoms with Gasteiger partial charge in [-0.1, -0.05) is 25.9 Å². The first kappa shape index (κ1) is 11.6. The Morgan fingerprint density at radius 2 is 2.00 bits per heavy atom. The van der Waals surface area contributed by atoms with Crippen LogP contribution in [0.5, 0.6) is 0 Å². The first-order valence-electron chi connectivity index (χ1n) is 5.27. The lowest BCUT2D eigenvalue weighted by atomic mass is 9.96. The molecule has 4 nitrogen and oxygen atoms in total. The predicted octanol–water partition coefficient (Wildman–Crippen LogP) is 2.76. The zero-order valence-corrected chi connectivity index (χ0v) is 9.99. The largest absolute Gasteiger partial charge is 0.396 e. The first-order chi connectivity index (χ1) is 7.88. The second-order valence-corrected chi connectivity index (χ2v) is 4.91. The summed E-state index contributed by atoms with van der Waals surface area (Å²) in [6.07, 6.45) is 0. The molecule has 0 aliphatic carbocycles.